The molecule has 4 rings (SSSR count). The summed E-state index contributed by atoms with van der Waals surface area (Å²) in [5.74, 6) is -1.42. The van der Waals surface area contributed by atoms with Crippen LogP contribution >= 0.6 is 11.6 Å². The average Bonchev–Trinajstić information content (AvgIpc) is 3.35. The minimum atomic E-state index is -0.520. The van der Waals surface area contributed by atoms with Crippen LogP contribution in [-0.4, -0.2) is 33.6 Å². The summed E-state index contributed by atoms with van der Waals surface area (Å²) in [5.41, 5.74) is 1.51. The quantitative estimate of drug-likeness (QED) is 0.386. The molecule has 1 fully saturated rings. The predicted molar refractivity (Wildman–Crippen MR) is 141 cm³/mol. The standard InChI is InChI=1S/C29H32ClFN2O3/c1-3-5-11-22-17-26(34)27(29(36)33(22)25(4-2)19-9-7-6-8-10-19)28(35)32-15-14-20(18-32)23-13-12-21(30)16-24(23)31/h6-10,12-13,16-17,20,25,36H,3-5,11,14-15,18H2,1-2H3. The Labute approximate surface area is 216 Å². The second-order valence-corrected chi connectivity index (χ2v) is 9.85. The summed E-state index contributed by atoms with van der Waals surface area (Å²) in [6.07, 6.45) is 3.66. The van der Waals surface area contributed by atoms with E-state index >= 15 is 0 Å². The molecule has 1 aliphatic rings. The molecule has 2 aromatic carbocycles. The van der Waals surface area contributed by atoms with Gasteiger partial charge in [0.2, 0.25) is 5.88 Å². The van der Waals surface area contributed by atoms with Crippen molar-refractivity contribution in [2.24, 2.45) is 0 Å². The van der Waals surface area contributed by atoms with Gasteiger partial charge < -0.3 is 14.6 Å². The number of amides is 1. The van der Waals surface area contributed by atoms with E-state index in [1.165, 1.54) is 17.0 Å². The van der Waals surface area contributed by atoms with Crippen LogP contribution < -0.4 is 5.43 Å². The van der Waals surface area contributed by atoms with E-state index in [1.54, 1.807) is 16.7 Å². The van der Waals surface area contributed by atoms with Crippen molar-refractivity contribution in [3.8, 4) is 5.88 Å². The first kappa shape index (κ1) is 26.0. The Balaban J connectivity index is 1.71. The first-order valence-electron chi connectivity index (χ1n) is 12.6. The molecule has 190 valence electrons. The lowest BCUT2D eigenvalue weighted by atomic mass is 9.98. The Morgan fingerprint density at radius 1 is 1.17 bits per heavy atom. The van der Waals surface area contributed by atoms with E-state index in [0.29, 0.717) is 42.1 Å². The third-order valence-electron chi connectivity index (χ3n) is 7.07. The van der Waals surface area contributed by atoms with Crippen molar-refractivity contribution >= 4 is 17.5 Å². The van der Waals surface area contributed by atoms with Gasteiger partial charge in [0.15, 0.2) is 5.43 Å². The largest absolute Gasteiger partial charge is 0.494 e. The van der Waals surface area contributed by atoms with Gasteiger partial charge in [-0.3, -0.25) is 9.59 Å². The first-order chi connectivity index (χ1) is 17.3. The molecular weight excluding hydrogens is 479 g/mol. The molecule has 1 aromatic heterocycles. The van der Waals surface area contributed by atoms with Crippen molar-refractivity contribution in [1.29, 1.82) is 0 Å². The molecule has 5 nitrogen and oxygen atoms in total. The van der Waals surface area contributed by atoms with E-state index in [-0.39, 0.29) is 29.9 Å². The molecule has 3 aromatic rings. The van der Waals surface area contributed by atoms with Crippen molar-refractivity contribution in [1.82, 2.24) is 9.47 Å². The molecule has 2 heterocycles. The average molecular weight is 511 g/mol. The Morgan fingerprint density at radius 2 is 1.92 bits per heavy atom. The van der Waals surface area contributed by atoms with Gasteiger partial charge in [0.05, 0.1) is 6.04 Å². The van der Waals surface area contributed by atoms with E-state index in [2.05, 4.69) is 6.92 Å². The summed E-state index contributed by atoms with van der Waals surface area (Å²) in [6, 6.07) is 15.6. The van der Waals surface area contributed by atoms with Crippen molar-refractivity contribution < 1.29 is 14.3 Å². The predicted octanol–water partition coefficient (Wildman–Crippen LogP) is 6.32. The number of carbonyl (C=O) groups is 1. The number of carbonyl (C=O) groups excluding carboxylic acids is 1. The molecule has 36 heavy (non-hydrogen) atoms. The van der Waals surface area contributed by atoms with Gasteiger partial charge in [0, 0.05) is 35.8 Å². The number of hydrogen-bond donors (Lipinski definition) is 1. The highest BCUT2D eigenvalue weighted by Gasteiger charge is 2.33. The van der Waals surface area contributed by atoms with Gasteiger partial charge >= 0.3 is 0 Å². The number of aryl methyl sites for hydroxylation is 1. The zero-order valence-electron chi connectivity index (χ0n) is 20.7. The number of nitrogens with zero attached hydrogens (tertiary/aromatic N) is 2. The Morgan fingerprint density at radius 3 is 2.58 bits per heavy atom. The number of likely N-dealkylation sites (tertiary alicyclic amines) is 1. The molecule has 1 saturated heterocycles. The van der Waals surface area contributed by atoms with E-state index in [0.717, 1.165) is 18.4 Å². The van der Waals surface area contributed by atoms with Crippen molar-refractivity contribution in [2.45, 2.75) is 57.9 Å². The third-order valence-corrected chi connectivity index (χ3v) is 7.30. The first-order valence-corrected chi connectivity index (χ1v) is 13.0. The monoisotopic (exact) mass is 510 g/mol. The van der Waals surface area contributed by atoms with Gasteiger partial charge in [-0.25, -0.2) is 4.39 Å². The van der Waals surface area contributed by atoms with Crippen molar-refractivity contribution in [3.63, 3.8) is 0 Å². The maximum atomic E-state index is 14.5. The molecular formula is C29H32ClFN2O3. The number of halogens is 2. The Kier molecular flexibility index (Phi) is 8.14. The molecule has 7 heteroatoms. The van der Waals surface area contributed by atoms with Crippen LogP contribution in [-0.2, 0) is 6.42 Å². The number of benzene rings is 2. The summed E-state index contributed by atoms with van der Waals surface area (Å²) in [7, 11) is 0. The Hall–Kier alpha value is -3.12. The summed E-state index contributed by atoms with van der Waals surface area (Å²) in [6.45, 7) is 4.73. The maximum Gasteiger partial charge on any atom is 0.263 e. The molecule has 0 spiro atoms. The Bertz CT molecular complexity index is 1290. The summed E-state index contributed by atoms with van der Waals surface area (Å²) < 4.78 is 16.2. The van der Waals surface area contributed by atoms with Crippen LogP contribution in [0.5, 0.6) is 5.88 Å². The number of hydrogen-bond acceptors (Lipinski definition) is 3. The zero-order valence-corrected chi connectivity index (χ0v) is 21.5. The molecule has 0 radical (unpaired) electrons. The molecule has 1 aliphatic heterocycles. The van der Waals surface area contributed by atoms with Gasteiger partial charge in [-0.15, -0.1) is 0 Å². The minimum Gasteiger partial charge on any atom is -0.494 e. The zero-order chi connectivity index (χ0) is 25.8. The number of rotatable bonds is 8. The highest BCUT2D eigenvalue weighted by Crippen LogP contribution is 2.34. The van der Waals surface area contributed by atoms with Crippen LogP contribution in [0.1, 0.15) is 78.7 Å². The molecule has 0 saturated carbocycles. The summed E-state index contributed by atoms with van der Waals surface area (Å²) >= 11 is 5.89. The van der Waals surface area contributed by atoms with Crippen LogP contribution in [0.4, 0.5) is 4.39 Å². The number of aromatic hydroxyl groups is 1. The number of unbranched alkanes of at least 4 members (excludes halogenated alkanes) is 1. The fraction of sp³-hybridized carbons (Fsp3) is 0.379. The minimum absolute atomic E-state index is 0.202. The smallest absolute Gasteiger partial charge is 0.263 e. The summed E-state index contributed by atoms with van der Waals surface area (Å²) in [5, 5.41) is 11.8. The van der Waals surface area contributed by atoms with Crippen LogP contribution in [0.3, 0.4) is 0 Å². The van der Waals surface area contributed by atoms with Crippen molar-refractivity contribution in [3.05, 3.63) is 98.0 Å². The van der Waals surface area contributed by atoms with E-state index in [4.69, 9.17) is 11.6 Å². The second-order valence-electron chi connectivity index (χ2n) is 9.41. The van der Waals surface area contributed by atoms with Crippen LogP contribution in [0, 0.1) is 5.82 Å². The fourth-order valence-corrected chi connectivity index (χ4v) is 5.35. The van der Waals surface area contributed by atoms with Crippen molar-refractivity contribution in [2.75, 3.05) is 13.1 Å². The molecule has 2 unspecified atom stereocenters. The number of pyridine rings is 1. The third kappa shape index (κ3) is 5.19. The van der Waals surface area contributed by atoms with Gasteiger partial charge in [-0.2, -0.15) is 0 Å². The van der Waals surface area contributed by atoms with Gasteiger partial charge in [0.1, 0.15) is 11.4 Å². The number of aromatic nitrogens is 1. The molecule has 1 N–H and O–H groups in total. The van der Waals surface area contributed by atoms with Gasteiger partial charge in [-0.05, 0) is 48.9 Å². The molecule has 2 atom stereocenters. The second kappa shape index (κ2) is 11.3. The van der Waals surface area contributed by atoms with Crippen LogP contribution in [0.25, 0.3) is 0 Å². The van der Waals surface area contributed by atoms with Gasteiger partial charge in [-0.1, -0.05) is 68.3 Å². The fourth-order valence-electron chi connectivity index (χ4n) is 5.19. The topological polar surface area (TPSA) is 62.5 Å². The summed E-state index contributed by atoms with van der Waals surface area (Å²) in [4.78, 5) is 28.3. The lowest BCUT2D eigenvalue weighted by molar-refractivity contribution is 0.0784. The van der Waals surface area contributed by atoms with Crippen LogP contribution in [0.15, 0.2) is 59.4 Å². The SMILES string of the molecule is CCCCc1cc(=O)c(C(=O)N2CCC(c3ccc(Cl)cc3F)C2)c(O)n1C(CC)c1ccccc1. The lowest BCUT2D eigenvalue weighted by Crippen LogP contribution is -2.34. The van der Waals surface area contributed by atoms with Gasteiger partial charge in [0.25, 0.3) is 5.91 Å². The highest BCUT2D eigenvalue weighted by atomic mass is 35.5. The van der Waals surface area contributed by atoms with E-state index in [9.17, 15) is 19.1 Å². The van der Waals surface area contributed by atoms with E-state index in [1.807, 2.05) is 37.3 Å². The molecule has 0 bridgehead atoms. The molecule has 1 amide bonds. The molecule has 0 aliphatic carbocycles. The van der Waals surface area contributed by atoms with E-state index < -0.39 is 17.2 Å². The lowest BCUT2D eigenvalue weighted by Gasteiger charge is -2.27. The normalized spacial score (nSPS) is 16.3. The highest BCUT2D eigenvalue weighted by molar-refractivity contribution is 6.30. The van der Waals surface area contributed by atoms with Crippen LogP contribution in [0.2, 0.25) is 5.02 Å². The maximum absolute atomic E-state index is 14.5.